The van der Waals surface area contributed by atoms with E-state index < -0.39 is 18.1 Å². The summed E-state index contributed by atoms with van der Waals surface area (Å²) in [5.74, 6) is -0.966. The lowest BCUT2D eigenvalue weighted by molar-refractivity contribution is -0.127. The summed E-state index contributed by atoms with van der Waals surface area (Å²) in [7, 11) is 0. The second kappa shape index (κ2) is 3.96. The maximum Gasteiger partial charge on any atom is 0.255 e. The standard InChI is InChI=1S/C9H11N5O3/c1-4(15)11-9-12-7-6(8(17)13-9)10-3-14(7)5(2)16/h3,6-7H,1-2H3,(H2,11,12,13,15,17)/t6-,7-/m0/s1. The van der Waals surface area contributed by atoms with E-state index >= 15 is 0 Å². The second-order valence-corrected chi connectivity index (χ2v) is 3.70. The van der Waals surface area contributed by atoms with Gasteiger partial charge in [0.2, 0.25) is 17.8 Å². The molecule has 2 aliphatic heterocycles. The molecule has 17 heavy (non-hydrogen) atoms. The van der Waals surface area contributed by atoms with Crippen molar-refractivity contribution in [2.75, 3.05) is 0 Å². The van der Waals surface area contributed by atoms with Gasteiger partial charge in [-0.15, -0.1) is 0 Å². The van der Waals surface area contributed by atoms with Gasteiger partial charge in [-0.25, -0.2) is 4.99 Å². The molecule has 0 aliphatic carbocycles. The molecule has 2 heterocycles. The lowest BCUT2D eigenvalue weighted by atomic mass is 10.2. The molecule has 0 aromatic rings. The molecule has 0 saturated carbocycles. The van der Waals surface area contributed by atoms with Crippen LogP contribution in [0.25, 0.3) is 0 Å². The number of hydrogen-bond acceptors (Lipinski definition) is 5. The number of carbonyl (C=O) groups is 3. The minimum absolute atomic E-state index is 0.0421. The van der Waals surface area contributed by atoms with Crippen LogP contribution in [-0.2, 0) is 14.4 Å². The van der Waals surface area contributed by atoms with Gasteiger partial charge in [-0.3, -0.25) is 34.9 Å². The number of nitrogens with zero attached hydrogens (tertiary/aromatic N) is 3. The van der Waals surface area contributed by atoms with Gasteiger partial charge in [0.25, 0.3) is 5.91 Å². The molecule has 2 N–H and O–H groups in total. The van der Waals surface area contributed by atoms with Gasteiger partial charge in [-0.05, 0) is 0 Å². The molecule has 3 amide bonds. The lowest BCUT2D eigenvalue weighted by Gasteiger charge is -2.26. The molecule has 0 aromatic heterocycles. The van der Waals surface area contributed by atoms with Crippen LogP contribution >= 0.6 is 0 Å². The maximum absolute atomic E-state index is 11.6. The molecule has 8 heteroatoms. The molecular weight excluding hydrogens is 226 g/mol. The van der Waals surface area contributed by atoms with Gasteiger partial charge in [0.05, 0.1) is 6.34 Å². The molecule has 8 nitrogen and oxygen atoms in total. The van der Waals surface area contributed by atoms with Crippen molar-refractivity contribution in [3.8, 4) is 0 Å². The molecule has 2 rings (SSSR count). The number of rotatable bonds is 0. The Labute approximate surface area is 96.8 Å². The van der Waals surface area contributed by atoms with Crippen LogP contribution in [0.1, 0.15) is 13.8 Å². The van der Waals surface area contributed by atoms with Crippen molar-refractivity contribution in [2.24, 2.45) is 9.98 Å². The van der Waals surface area contributed by atoms with Gasteiger partial charge >= 0.3 is 0 Å². The van der Waals surface area contributed by atoms with Crippen LogP contribution in [0.5, 0.6) is 0 Å². The Morgan fingerprint density at radius 2 is 2.18 bits per heavy atom. The fourth-order valence-electron chi connectivity index (χ4n) is 1.63. The summed E-state index contributed by atoms with van der Waals surface area (Å²) < 4.78 is 0. The van der Waals surface area contributed by atoms with Crippen molar-refractivity contribution in [2.45, 2.75) is 26.1 Å². The number of amides is 3. The van der Waals surface area contributed by atoms with Gasteiger partial charge in [0.1, 0.15) is 0 Å². The van der Waals surface area contributed by atoms with Crippen molar-refractivity contribution >= 4 is 30.0 Å². The van der Waals surface area contributed by atoms with Gasteiger partial charge in [0.15, 0.2) is 12.2 Å². The molecule has 90 valence electrons. The zero-order valence-electron chi connectivity index (χ0n) is 9.30. The Balaban J connectivity index is 2.26. The average Bonchev–Trinajstić information content (AvgIpc) is 2.60. The summed E-state index contributed by atoms with van der Waals surface area (Å²) in [6.45, 7) is 2.66. The van der Waals surface area contributed by atoms with E-state index in [-0.39, 0.29) is 17.8 Å². The molecular formula is C9H11N5O3. The third-order valence-electron chi connectivity index (χ3n) is 2.35. The van der Waals surface area contributed by atoms with Crippen molar-refractivity contribution in [3.05, 3.63) is 0 Å². The summed E-state index contributed by atoms with van der Waals surface area (Å²) in [4.78, 5) is 43.0. The van der Waals surface area contributed by atoms with E-state index in [0.29, 0.717) is 0 Å². The third kappa shape index (κ3) is 2.01. The molecule has 0 bridgehead atoms. The first-order valence-electron chi connectivity index (χ1n) is 4.97. The topological polar surface area (TPSA) is 103 Å². The Morgan fingerprint density at radius 1 is 1.47 bits per heavy atom. The molecule has 0 spiro atoms. The molecule has 2 aliphatic rings. The zero-order valence-corrected chi connectivity index (χ0v) is 9.30. The number of aliphatic imine (C=N–C) groups is 2. The smallest absolute Gasteiger partial charge is 0.255 e. The summed E-state index contributed by atoms with van der Waals surface area (Å²) in [6.07, 6.45) is 0.584. The van der Waals surface area contributed by atoms with Gasteiger partial charge in [0, 0.05) is 13.8 Å². The number of hydrogen-bond donors (Lipinski definition) is 2. The second-order valence-electron chi connectivity index (χ2n) is 3.70. The van der Waals surface area contributed by atoms with Crippen molar-refractivity contribution in [3.63, 3.8) is 0 Å². The fourth-order valence-corrected chi connectivity index (χ4v) is 1.63. The van der Waals surface area contributed by atoms with E-state index in [1.807, 2.05) is 0 Å². The van der Waals surface area contributed by atoms with Crippen LogP contribution in [0.3, 0.4) is 0 Å². The monoisotopic (exact) mass is 237 g/mol. The Hall–Kier alpha value is -2.25. The Kier molecular flexibility index (Phi) is 2.62. The molecule has 0 radical (unpaired) electrons. The number of carbonyl (C=O) groups excluding carboxylic acids is 3. The minimum Gasteiger partial charge on any atom is -0.297 e. The van der Waals surface area contributed by atoms with Crippen LogP contribution < -0.4 is 10.6 Å². The SMILES string of the molecule is CC(=O)NC1=N[C@@H]2[C@H](N=CN2C(C)=O)C(=O)N1. The number of fused-ring (bicyclic) bond motifs is 1. The predicted molar refractivity (Wildman–Crippen MR) is 58.0 cm³/mol. The van der Waals surface area contributed by atoms with E-state index in [1.165, 1.54) is 25.1 Å². The van der Waals surface area contributed by atoms with E-state index in [1.54, 1.807) is 0 Å². The van der Waals surface area contributed by atoms with Crippen LogP contribution in [0.4, 0.5) is 0 Å². The average molecular weight is 237 g/mol. The molecule has 0 aromatic carbocycles. The van der Waals surface area contributed by atoms with Crippen molar-refractivity contribution in [1.82, 2.24) is 15.5 Å². The normalized spacial score (nSPS) is 26.1. The van der Waals surface area contributed by atoms with E-state index in [2.05, 4.69) is 20.6 Å². The van der Waals surface area contributed by atoms with Crippen molar-refractivity contribution in [1.29, 1.82) is 0 Å². The summed E-state index contributed by atoms with van der Waals surface area (Å²) in [5, 5.41) is 4.78. The molecule has 2 atom stereocenters. The van der Waals surface area contributed by atoms with E-state index in [0.717, 1.165) is 0 Å². The molecule has 0 unspecified atom stereocenters. The lowest BCUT2D eigenvalue weighted by Crippen LogP contribution is -2.56. The first-order chi connectivity index (χ1) is 7.99. The number of nitrogens with one attached hydrogen (secondary N) is 2. The van der Waals surface area contributed by atoms with Gasteiger partial charge in [-0.1, -0.05) is 0 Å². The summed E-state index contributed by atoms with van der Waals surface area (Å²) in [5.41, 5.74) is 0. The largest absolute Gasteiger partial charge is 0.297 e. The van der Waals surface area contributed by atoms with Crippen LogP contribution in [0.15, 0.2) is 9.98 Å². The first-order valence-corrected chi connectivity index (χ1v) is 4.97. The van der Waals surface area contributed by atoms with Crippen LogP contribution in [0.2, 0.25) is 0 Å². The van der Waals surface area contributed by atoms with Crippen LogP contribution in [-0.4, -0.2) is 47.1 Å². The van der Waals surface area contributed by atoms with Gasteiger partial charge in [-0.2, -0.15) is 0 Å². The molecule has 0 fully saturated rings. The first kappa shape index (κ1) is 11.2. The summed E-state index contributed by atoms with van der Waals surface area (Å²) in [6, 6.07) is -0.739. The van der Waals surface area contributed by atoms with E-state index in [4.69, 9.17) is 0 Å². The molecule has 0 saturated heterocycles. The van der Waals surface area contributed by atoms with Gasteiger partial charge < -0.3 is 0 Å². The predicted octanol–water partition coefficient (Wildman–Crippen LogP) is -1.81. The third-order valence-corrected chi connectivity index (χ3v) is 2.35. The number of guanidine groups is 1. The highest BCUT2D eigenvalue weighted by Crippen LogP contribution is 2.18. The highest BCUT2D eigenvalue weighted by molar-refractivity contribution is 6.08. The maximum atomic E-state index is 11.6. The van der Waals surface area contributed by atoms with Crippen LogP contribution in [0, 0.1) is 0 Å². The summed E-state index contributed by atoms with van der Waals surface area (Å²) >= 11 is 0. The Bertz CT molecular complexity index is 456. The Morgan fingerprint density at radius 3 is 2.76 bits per heavy atom. The highest BCUT2D eigenvalue weighted by atomic mass is 16.2. The fraction of sp³-hybridized carbons (Fsp3) is 0.444. The zero-order chi connectivity index (χ0) is 12.6. The van der Waals surface area contributed by atoms with Crippen molar-refractivity contribution < 1.29 is 14.4 Å². The quantitative estimate of drug-likeness (QED) is 0.519. The highest BCUT2D eigenvalue weighted by Gasteiger charge is 2.41. The minimum atomic E-state index is -0.739. The van der Waals surface area contributed by atoms with E-state index in [9.17, 15) is 14.4 Å².